The Labute approximate surface area is 126 Å². The van der Waals surface area contributed by atoms with Gasteiger partial charge in [-0.05, 0) is 62.8 Å². The van der Waals surface area contributed by atoms with E-state index in [4.69, 9.17) is 10.5 Å². The van der Waals surface area contributed by atoms with Gasteiger partial charge in [0.2, 0.25) is 10.0 Å². The Balaban J connectivity index is 2.01. The smallest absolute Gasteiger partial charge is 0.241 e. The molecule has 5 nitrogen and oxygen atoms in total. The van der Waals surface area contributed by atoms with Crippen molar-refractivity contribution in [1.29, 1.82) is 0 Å². The lowest BCUT2D eigenvalue weighted by molar-refractivity contribution is 0.0123. The molecule has 0 radical (unpaired) electrons. The number of ether oxygens (including phenoxy) is 1. The Kier molecular flexibility index (Phi) is 5.24. The van der Waals surface area contributed by atoms with Crippen LogP contribution in [0.3, 0.4) is 0 Å². The Morgan fingerprint density at radius 2 is 1.95 bits per heavy atom. The number of rotatable bonds is 5. The van der Waals surface area contributed by atoms with Crippen LogP contribution in [0.25, 0.3) is 0 Å². The van der Waals surface area contributed by atoms with Gasteiger partial charge in [0.05, 0.1) is 11.0 Å². The zero-order valence-corrected chi connectivity index (χ0v) is 13.5. The van der Waals surface area contributed by atoms with Crippen LogP contribution >= 0.6 is 0 Å². The second-order valence-corrected chi connectivity index (χ2v) is 7.36. The minimum absolute atomic E-state index is 0.176. The fraction of sp³-hybridized carbons (Fsp3) is 0.600. The summed E-state index contributed by atoms with van der Waals surface area (Å²) in [7, 11) is -3.50. The molecule has 21 heavy (non-hydrogen) atoms. The molecule has 1 unspecified atom stereocenters. The quantitative estimate of drug-likeness (QED) is 0.816. The van der Waals surface area contributed by atoms with Gasteiger partial charge in [-0.25, -0.2) is 13.1 Å². The highest BCUT2D eigenvalue weighted by atomic mass is 32.2. The average molecular weight is 312 g/mol. The number of anilines is 1. The van der Waals surface area contributed by atoms with E-state index in [-0.39, 0.29) is 6.10 Å². The number of hydrogen-bond donors (Lipinski definition) is 2. The molecule has 1 saturated heterocycles. The minimum atomic E-state index is -3.50. The molecule has 6 heteroatoms. The third-order valence-electron chi connectivity index (χ3n) is 3.78. The summed E-state index contributed by atoms with van der Waals surface area (Å²) in [6.45, 7) is 4.72. The van der Waals surface area contributed by atoms with Crippen LogP contribution in [0, 0.1) is 13.8 Å². The first-order valence-electron chi connectivity index (χ1n) is 7.38. The van der Waals surface area contributed by atoms with Crippen molar-refractivity contribution in [2.45, 2.75) is 50.5 Å². The lowest BCUT2D eigenvalue weighted by Crippen LogP contribution is -2.30. The van der Waals surface area contributed by atoms with E-state index in [0.29, 0.717) is 34.7 Å². The van der Waals surface area contributed by atoms with Gasteiger partial charge in [0.25, 0.3) is 0 Å². The van der Waals surface area contributed by atoms with Crippen molar-refractivity contribution >= 4 is 15.7 Å². The molecule has 1 aromatic rings. The predicted molar refractivity (Wildman–Crippen MR) is 83.7 cm³/mol. The zero-order chi connectivity index (χ0) is 15.5. The van der Waals surface area contributed by atoms with Gasteiger partial charge in [-0.3, -0.25) is 0 Å². The van der Waals surface area contributed by atoms with Gasteiger partial charge in [-0.1, -0.05) is 0 Å². The van der Waals surface area contributed by atoms with E-state index >= 15 is 0 Å². The molecule has 0 aromatic heterocycles. The maximum absolute atomic E-state index is 12.4. The summed E-state index contributed by atoms with van der Waals surface area (Å²) >= 11 is 0. The normalized spacial score (nSPS) is 19.6. The first kappa shape index (κ1) is 16.3. The van der Waals surface area contributed by atoms with Crippen LogP contribution in [0.5, 0.6) is 0 Å². The first-order chi connectivity index (χ1) is 9.90. The molecule has 1 fully saturated rings. The molecule has 1 aliphatic heterocycles. The summed E-state index contributed by atoms with van der Waals surface area (Å²) < 4.78 is 33.2. The number of sulfonamides is 1. The molecule has 0 saturated carbocycles. The molecule has 0 spiro atoms. The van der Waals surface area contributed by atoms with Gasteiger partial charge in [0, 0.05) is 18.8 Å². The van der Waals surface area contributed by atoms with Crippen molar-refractivity contribution in [3.63, 3.8) is 0 Å². The van der Waals surface area contributed by atoms with Crippen molar-refractivity contribution in [2.75, 3.05) is 18.9 Å². The minimum Gasteiger partial charge on any atom is -0.399 e. The van der Waals surface area contributed by atoms with Crippen molar-refractivity contribution in [1.82, 2.24) is 4.72 Å². The molecule has 0 bridgehead atoms. The second kappa shape index (κ2) is 6.77. The molecule has 1 aromatic carbocycles. The van der Waals surface area contributed by atoms with Crippen LogP contribution < -0.4 is 10.5 Å². The largest absolute Gasteiger partial charge is 0.399 e. The van der Waals surface area contributed by atoms with Crippen LogP contribution in [-0.4, -0.2) is 27.7 Å². The third kappa shape index (κ3) is 4.18. The van der Waals surface area contributed by atoms with Crippen molar-refractivity contribution in [3.8, 4) is 0 Å². The lowest BCUT2D eigenvalue weighted by atomic mass is 10.1. The Morgan fingerprint density at radius 3 is 2.52 bits per heavy atom. The van der Waals surface area contributed by atoms with E-state index in [1.807, 2.05) is 0 Å². The monoisotopic (exact) mass is 312 g/mol. The Morgan fingerprint density at radius 1 is 1.29 bits per heavy atom. The maximum atomic E-state index is 12.4. The highest BCUT2D eigenvalue weighted by Crippen LogP contribution is 2.23. The molecular formula is C15H24N2O3S. The van der Waals surface area contributed by atoms with E-state index in [9.17, 15) is 8.42 Å². The summed E-state index contributed by atoms with van der Waals surface area (Å²) in [4.78, 5) is 0.335. The zero-order valence-electron chi connectivity index (χ0n) is 12.7. The number of nitrogen functional groups attached to an aromatic ring is 1. The summed E-state index contributed by atoms with van der Waals surface area (Å²) in [5.41, 5.74) is 7.67. The average Bonchev–Trinajstić information content (AvgIpc) is 2.38. The number of nitrogens with one attached hydrogen (secondary N) is 1. The van der Waals surface area contributed by atoms with Gasteiger partial charge < -0.3 is 10.5 Å². The van der Waals surface area contributed by atoms with E-state index in [0.717, 1.165) is 25.9 Å². The fourth-order valence-corrected chi connectivity index (χ4v) is 4.37. The summed E-state index contributed by atoms with van der Waals surface area (Å²) in [6, 6.07) is 3.37. The molecule has 1 heterocycles. The van der Waals surface area contributed by atoms with Gasteiger partial charge >= 0.3 is 0 Å². The molecule has 0 amide bonds. The summed E-state index contributed by atoms with van der Waals surface area (Å²) in [6.07, 6.45) is 4.17. The number of hydrogen-bond acceptors (Lipinski definition) is 4. The van der Waals surface area contributed by atoms with Gasteiger partial charge in [-0.2, -0.15) is 0 Å². The van der Waals surface area contributed by atoms with E-state index < -0.39 is 10.0 Å². The van der Waals surface area contributed by atoms with Crippen LogP contribution in [0.15, 0.2) is 17.0 Å². The van der Waals surface area contributed by atoms with Crippen molar-refractivity contribution in [3.05, 3.63) is 23.3 Å². The van der Waals surface area contributed by atoms with Crippen molar-refractivity contribution in [2.24, 2.45) is 0 Å². The maximum Gasteiger partial charge on any atom is 0.241 e. The molecule has 0 aliphatic carbocycles. The lowest BCUT2D eigenvalue weighted by Gasteiger charge is -2.22. The van der Waals surface area contributed by atoms with Gasteiger partial charge in [-0.15, -0.1) is 0 Å². The standard InChI is InChI=1S/C15H24N2O3S/c1-11-9-13(16)10-12(2)15(11)21(18,19)17-7-6-14-5-3-4-8-20-14/h9-10,14,17H,3-8,16H2,1-2H3. The highest BCUT2D eigenvalue weighted by molar-refractivity contribution is 7.89. The number of aryl methyl sites for hydroxylation is 2. The molecule has 1 aliphatic rings. The van der Waals surface area contributed by atoms with E-state index in [1.54, 1.807) is 26.0 Å². The number of nitrogens with two attached hydrogens (primary N) is 1. The summed E-state index contributed by atoms with van der Waals surface area (Å²) in [5.74, 6) is 0. The molecule has 3 N–H and O–H groups in total. The van der Waals surface area contributed by atoms with E-state index in [2.05, 4.69) is 4.72 Å². The molecule has 2 rings (SSSR count). The van der Waals surface area contributed by atoms with Crippen LogP contribution in [0.1, 0.15) is 36.8 Å². The third-order valence-corrected chi connectivity index (χ3v) is 5.55. The van der Waals surface area contributed by atoms with Gasteiger partial charge in [0.15, 0.2) is 0 Å². The fourth-order valence-electron chi connectivity index (χ4n) is 2.87. The van der Waals surface area contributed by atoms with E-state index in [1.165, 1.54) is 0 Å². The molecular weight excluding hydrogens is 288 g/mol. The molecule has 118 valence electrons. The Bertz CT molecular complexity index is 570. The number of benzene rings is 1. The highest BCUT2D eigenvalue weighted by Gasteiger charge is 2.21. The predicted octanol–water partition coefficient (Wildman–Crippen LogP) is 2.12. The van der Waals surface area contributed by atoms with Crippen molar-refractivity contribution < 1.29 is 13.2 Å². The Hall–Kier alpha value is -1.11. The second-order valence-electron chi connectivity index (χ2n) is 5.66. The SMILES string of the molecule is Cc1cc(N)cc(C)c1S(=O)(=O)NCCC1CCCCO1. The van der Waals surface area contributed by atoms with Gasteiger partial charge in [0.1, 0.15) is 0 Å². The van der Waals surface area contributed by atoms with Crippen LogP contribution in [-0.2, 0) is 14.8 Å². The summed E-state index contributed by atoms with van der Waals surface area (Å²) in [5, 5.41) is 0. The van der Waals surface area contributed by atoms with Crippen LogP contribution in [0.2, 0.25) is 0 Å². The van der Waals surface area contributed by atoms with Crippen LogP contribution in [0.4, 0.5) is 5.69 Å². The topological polar surface area (TPSA) is 81.4 Å². The molecule has 1 atom stereocenters. The first-order valence-corrected chi connectivity index (χ1v) is 8.86.